The number of rotatable bonds is 3. The summed E-state index contributed by atoms with van der Waals surface area (Å²) in [5.41, 5.74) is 6.75. The molecule has 30 heavy (non-hydrogen) atoms. The molecule has 0 bridgehead atoms. The van der Waals surface area contributed by atoms with Gasteiger partial charge in [0.25, 0.3) is 0 Å². The third-order valence-electron chi connectivity index (χ3n) is 6.09. The molecule has 0 aromatic heterocycles. The first-order chi connectivity index (χ1) is 14.3. The van der Waals surface area contributed by atoms with Gasteiger partial charge in [-0.2, -0.15) is 15.8 Å². The number of hydrogen-bond donors (Lipinski definition) is 1. The first-order valence-corrected chi connectivity index (χ1v) is 9.70. The summed E-state index contributed by atoms with van der Waals surface area (Å²) >= 11 is 0. The van der Waals surface area contributed by atoms with Crippen LogP contribution in [-0.2, 0) is 4.74 Å². The number of methoxy groups -OCH3 is 1. The van der Waals surface area contributed by atoms with Crippen molar-refractivity contribution in [1.82, 2.24) is 4.90 Å². The van der Waals surface area contributed by atoms with Crippen molar-refractivity contribution in [3.05, 3.63) is 58.3 Å². The van der Waals surface area contributed by atoms with Crippen molar-refractivity contribution in [2.75, 3.05) is 20.2 Å². The minimum atomic E-state index is -1.64. The van der Waals surface area contributed by atoms with Crippen LogP contribution in [-0.4, -0.2) is 37.1 Å². The summed E-state index contributed by atoms with van der Waals surface area (Å²) in [6, 6.07) is 13.4. The van der Waals surface area contributed by atoms with E-state index in [-0.39, 0.29) is 23.2 Å². The van der Waals surface area contributed by atoms with Crippen LogP contribution in [0.5, 0.6) is 0 Å². The van der Waals surface area contributed by atoms with E-state index in [1.54, 1.807) is 24.3 Å². The Bertz CT molecular complexity index is 1030. The highest BCUT2D eigenvalue weighted by Crippen LogP contribution is 2.52. The Kier molecular flexibility index (Phi) is 5.65. The Morgan fingerprint density at radius 3 is 2.37 bits per heavy atom. The zero-order chi connectivity index (χ0) is 22.1. The molecule has 2 unspecified atom stereocenters. The van der Waals surface area contributed by atoms with E-state index in [4.69, 9.17) is 10.5 Å². The average molecular weight is 401 g/mol. The smallest absolute Gasteiger partial charge is 0.337 e. The van der Waals surface area contributed by atoms with Crippen molar-refractivity contribution >= 4 is 5.97 Å². The van der Waals surface area contributed by atoms with Gasteiger partial charge in [-0.25, -0.2) is 4.79 Å². The average Bonchev–Trinajstić information content (AvgIpc) is 2.78. The van der Waals surface area contributed by atoms with Crippen molar-refractivity contribution in [2.24, 2.45) is 17.1 Å². The fraction of sp³-hybridized carbons (Fsp3) is 0.391. The lowest BCUT2D eigenvalue weighted by Gasteiger charge is -2.46. The molecule has 0 amide bonds. The summed E-state index contributed by atoms with van der Waals surface area (Å²) in [4.78, 5) is 14.0. The van der Waals surface area contributed by atoms with E-state index in [0.717, 1.165) is 5.56 Å². The predicted octanol–water partition coefficient (Wildman–Crippen LogP) is 2.61. The van der Waals surface area contributed by atoms with E-state index in [0.29, 0.717) is 24.2 Å². The van der Waals surface area contributed by atoms with Crippen LogP contribution in [0.2, 0.25) is 0 Å². The van der Waals surface area contributed by atoms with Crippen molar-refractivity contribution in [3.63, 3.8) is 0 Å². The standard InChI is InChI=1S/C23H23N5O2/c1-14(2)28-9-8-19-18(11-28)20(15-4-6-16(7-5-15)22(29)30-3)17(10-24)21(27)23(19,12-25)13-26/h4-8,14,18,20H,9,11,27H2,1-3H3. The van der Waals surface area contributed by atoms with E-state index in [2.05, 4.69) is 37.0 Å². The molecule has 3 rings (SSSR count). The maximum Gasteiger partial charge on any atom is 0.337 e. The number of nitrogens with zero attached hydrogens (tertiary/aromatic N) is 4. The van der Waals surface area contributed by atoms with Crippen LogP contribution in [0.4, 0.5) is 0 Å². The summed E-state index contributed by atoms with van der Waals surface area (Å²) in [5, 5.41) is 29.8. The number of carbonyl (C=O) groups excluding carboxylic acids is 1. The summed E-state index contributed by atoms with van der Waals surface area (Å²) in [5.74, 6) is -1.12. The van der Waals surface area contributed by atoms with Gasteiger partial charge in [0, 0.05) is 31.0 Å². The van der Waals surface area contributed by atoms with Gasteiger partial charge in [0.2, 0.25) is 5.41 Å². The summed E-state index contributed by atoms with van der Waals surface area (Å²) in [7, 11) is 1.32. The Morgan fingerprint density at radius 1 is 1.23 bits per heavy atom. The maximum absolute atomic E-state index is 11.8. The van der Waals surface area contributed by atoms with E-state index in [9.17, 15) is 20.6 Å². The van der Waals surface area contributed by atoms with Gasteiger partial charge in [0.05, 0.1) is 42.2 Å². The van der Waals surface area contributed by atoms with Gasteiger partial charge in [-0.15, -0.1) is 0 Å². The van der Waals surface area contributed by atoms with E-state index >= 15 is 0 Å². The summed E-state index contributed by atoms with van der Waals surface area (Å²) < 4.78 is 4.76. The van der Waals surface area contributed by atoms with Crippen molar-refractivity contribution in [1.29, 1.82) is 15.8 Å². The SMILES string of the molecule is COC(=O)c1ccc(C2C(C#N)=C(N)C(C#N)(C#N)C3=CCN(C(C)C)CC32)cc1. The molecular formula is C23H23N5O2. The van der Waals surface area contributed by atoms with E-state index < -0.39 is 17.3 Å². The van der Waals surface area contributed by atoms with E-state index in [1.807, 2.05) is 6.08 Å². The molecule has 1 aliphatic carbocycles. The zero-order valence-corrected chi connectivity index (χ0v) is 17.2. The van der Waals surface area contributed by atoms with Gasteiger partial charge in [0.1, 0.15) is 0 Å². The molecule has 2 N–H and O–H groups in total. The zero-order valence-electron chi connectivity index (χ0n) is 17.2. The molecule has 0 fully saturated rings. The number of nitriles is 3. The van der Waals surface area contributed by atoms with Crippen molar-refractivity contribution in [3.8, 4) is 18.2 Å². The highest BCUT2D eigenvalue weighted by molar-refractivity contribution is 5.89. The second kappa shape index (κ2) is 8.03. The molecule has 0 radical (unpaired) electrons. The fourth-order valence-corrected chi connectivity index (χ4v) is 4.40. The first-order valence-electron chi connectivity index (χ1n) is 9.70. The molecule has 1 heterocycles. The lowest BCUT2D eigenvalue weighted by molar-refractivity contribution is 0.0600. The third-order valence-corrected chi connectivity index (χ3v) is 6.09. The molecular weight excluding hydrogens is 378 g/mol. The number of carbonyl (C=O) groups is 1. The van der Waals surface area contributed by atoms with Crippen LogP contribution >= 0.6 is 0 Å². The summed E-state index contributed by atoms with van der Waals surface area (Å²) in [6.07, 6.45) is 1.91. The number of hydrogen-bond acceptors (Lipinski definition) is 7. The molecule has 1 aromatic carbocycles. The molecule has 1 aliphatic heterocycles. The maximum atomic E-state index is 11.8. The Hall–Kier alpha value is -3.60. The molecule has 2 aliphatic rings. The van der Waals surface area contributed by atoms with Crippen LogP contribution in [0.25, 0.3) is 0 Å². The second-order valence-electron chi connectivity index (χ2n) is 7.82. The molecule has 2 atom stereocenters. The van der Waals surface area contributed by atoms with E-state index in [1.165, 1.54) is 7.11 Å². The van der Waals surface area contributed by atoms with Crippen molar-refractivity contribution in [2.45, 2.75) is 25.8 Å². The number of fused-ring (bicyclic) bond motifs is 1. The Morgan fingerprint density at radius 2 is 1.87 bits per heavy atom. The molecule has 0 saturated heterocycles. The Balaban J connectivity index is 2.21. The van der Waals surface area contributed by atoms with Crippen LogP contribution in [0.3, 0.4) is 0 Å². The molecule has 1 aromatic rings. The highest BCUT2D eigenvalue weighted by atomic mass is 16.5. The first kappa shape index (κ1) is 21.1. The minimum absolute atomic E-state index is 0.00228. The normalized spacial score (nSPS) is 22.9. The Labute approximate surface area is 176 Å². The number of esters is 1. The number of nitrogens with two attached hydrogens (primary N) is 1. The monoisotopic (exact) mass is 401 g/mol. The van der Waals surface area contributed by atoms with Gasteiger partial charge < -0.3 is 10.5 Å². The highest BCUT2D eigenvalue weighted by Gasteiger charge is 2.52. The second-order valence-corrected chi connectivity index (χ2v) is 7.82. The van der Waals surface area contributed by atoms with Gasteiger partial charge >= 0.3 is 5.97 Å². The topological polar surface area (TPSA) is 127 Å². The minimum Gasteiger partial charge on any atom is -0.465 e. The van der Waals surface area contributed by atoms with Crippen LogP contribution in [0, 0.1) is 45.3 Å². The van der Waals surface area contributed by atoms with Gasteiger partial charge in [-0.05, 0) is 37.1 Å². The number of ether oxygens (including phenoxy) is 1. The van der Waals surface area contributed by atoms with Crippen LogP contribution in [0.15, 0.2) is 47.2 Å². The number of allylic oxidation sites excluding steroid dienone is 2. The predicted molar refractivity (Wildman–Crippen MR) is 109 cm³/mol. The fourth-order valence-electron chi connectivity index (χ4n) is 4.40. The summed E-state index contributed by atoms with van der Waals surface area (Å²) in [6.45, 7) is 5.37. The van der Waals surface area contributed by atoms with Crippen LogP contribution < -0.4 is 5.73 Å². The molecule has 0 spiro atoms. The van der Waals surface area contributed by atoms with Crippen molar-refractivity contribution < 1.29 is 9.53 Å². The lowest BCUT2D eigenvalue weighted by atomic mass is 9.60. The quantitative estimate of drug-likeness (QED) is 0.609. The van der Waals surface area contributed by atoms with Gasteiger partial charge in [-0.1, -0.05) is 18.2 Å². The van der Waals surface area contributed by atoms with Crippen LogP contribution in [0.1, 0.15) is 35.7 Å². The molecule has 0 saturated carbocycles. The van der Waals surface area contributed by atoms with Gasteiger partial charge in [-0.3, -0.25) is 4.90 Å². The molecule has 152 valence electrons. The largest absolute Gasteiger partial charge is 0.465 e. The molecule has 7 heteroatoms. The third kappa shape index (κ3) is 3.12. The molecule has 7 nitrogen and oxygen atoms in total. The van der Waals surface area contributed by atoms with Gasteiger partial charge in [0.15, 0.2) is 0 Å². The number of benzene rings is 1. The lowest BCUT2D eigenvalue weighted by Crippen LogP contribution is -2.48.